The Balaban J connectivity index is 1.80. The van der Waals surface area contributed by atoms with Crippen molar-refractivity contribution in [3.8, 4) is 0 Å². The van der Waals surface area contributed by atoms with Gasteiger partial charge in [0.25, 0.3) is 0 Å². The van der Waals surface area contributed by atoms with Gasteiger partial charge in [-0.05, 0) is 0 Å². The van der Waals surface area contributed by atoms with Crippen LogP contribution in [0.25, 0.3) is 0 Å². The van der Waals surface area contributed by atoms with Crippen LogP contribution >= 0.6 is 17.2 Å². The second-order valence-corrected chi connectivity index (χ2v) is 17.6. The second kappa shape index (κ2) is 8.08. The third kappa shape index (κ3) is 3.55. The predicted octanol–water partition coefficient (Wildman–Crippen LogP) is 7.83. The van der Waals surface area contributed by atoms with Crippen LogP contribution in [0, 0.1) is 0 Å². The van der Waals surface area contributed by atoms with Crippen LogP contribution in [0.5, 0.6) is 0 Å². The van der Waals surface area contributed by atoms with Crippen molar-refractivity contribution < 1.29 is 0 Å². The molecule has 0 radical (unpaired) electrons. The SMILES string of the molecule is CC1(C)CC(C)(C)c2cc(CP(Cl)(c3ccccc3)(c3ccccc3)c3ccccc3)ccc21. The van der Waals surface area contributed by atoms with Gasteiger partial charge in [-0.3, -0.25) is 0 Å². The van der Waals surface area contributed by atoms with Crippen LogP contribution in [-0.4, -0.2) is 0 Å². The third-order valence-corrected chi connectivity index (χ3v) is 15.0. The van der Waals surface area contributed by atoms with Crippen LogP contribution in [0.15, 0.2) is 109 Å². The van der Waals surface area contributed by atoms with E-state index in [1.807, 2.05) is 0 Å². The van der Waals surface area contributed by atoms with Crippen molar-refractivity contribution in [2.24, 2.45) is 0 Å². The average Bonchev–Trinajstić information content (AvgIpc) is 3.04. The Morgan fingerprint density at radius 1 is 0.588 bits per heavy atom. The molecule has 1 aliphatic carbocycles. The number of hydrogen-bond acceptors (Lipinski definition) is 0. The molecule has 0 atom stereocenters. The van der Waals surface area contributed by atoms with Gasteiger partial charge >= 0.3 is 210 Å². The molecule has 0 amide bonds. The first-order chi connectivity index (χ1) is 16.1. The first kappa shape index (κ1) is 23.3. The van der Waals surface area contributed by atoms with Crippen molar-refractivity contribution in [2.45, 2.75) is 51.1 Å². The van der Waals surface area contributed by atoms with Crippen LogP contribution in [0.3, 0.4) is 0 Å². The Morgan fingerprint density at radius 3 is 1.44 bits per heavy atom. The molecule has 0 bridgehead atoms. The Labute approximate surface area is 209 Å². The Morgan fingerprint density at radius 2 is 1.00 bits per heavy atom. The minimum absolute atomic E-state index is 0.157. The Bertz CT molecular complexity index is 1210. The molecule has 4 aromatic rings. The fraction of sp³-hybridized carbons (Fsp3) is 0.250. The van der Waals surface area contributed by atoms with Crippen LogP contribution in [0.4, 0.5) is 0 Å². The maximum atomic E-state index is 8.32. The summed E-state index contributed by atoms with van der Waals surface area (Å²) in [6.45, 7) is 9.52. The van der Waals surface area contributed by atoms with Gasteiger partial charge in [0, 0.05) is 0 Å². The molecule has 34 heavy (non-hydrogen) atoms. The van der Waals surface area contributed by atoms with Crippen molar-refractivity contribution in [3.63, 3.8) is 0 Å². The normalized spacial score (nSPS) is 17.5. The van der Waals surface area contributed by atoms with Crippen molar-refractivity contribution in [1.29, 1.82) is 0 Å². The quantitative estimate of drug-likeness (QED) is 0.253. The summed E-state index contributed by atoms with van der Waals surface area (Å²) in [6, 6.07) is 39.5. The number of hydrogen-bond donors (Lipinski definition) is 0. The van der Waals surface area contributed by atoms with Gasteiger partial charge in [0.05, 0.1) is 0 Å². The predicted molar refractivity (Wildman–Crippen MR) is 152 cm³/mol. The molecule has 0 saturated heterocycles. The van der Waals surface area contributed by atoms with Crippen LogP contribution < -0.4 is 15.9 Å². The number of benzene rings is 4. The summed E-state index contributed by atoms with van der Waals surface area (Å²) in [4.78, 5) is 0. The molecule has 5 rings (SSSR count). The van der Waals surface area contributed by atoms with Crippen molar-refractivity contribution in [1.82, 2.24) is 0 Å². The molecule has 0 nitrogen and oxygen atoms in total. The van der Waals surface area contributed by atoms with Gasteiger partial charge < -0.3 is 0 Å². The summed E-state index contributed by atoms with van der Waals surface area (Å²) in [5, 5.41) is 3.65. The monoisotopic (exact) mass is 484 g/mol. The summed E-state index contributed by atoms with van der Waals surface area (Å²) in [6.07, 6.45) is 1.95. The summed E-state index contributed by atoms with van der Waals surface area (Å²) >= 11 is 8.32. The molecule has 2 heteroatoms. The van der Waals surface area contributed by atoms with Gasteiger partial charge in [0.1, 0.15) is 0 Å². The first-order valence-corrected chi connectivity index (χ1v) is 15.5. The molecular formula is C32H34ClP. The minimum atomic E-state index is -3.33. The van der Waals surface area contributed by atoms with E-state index in [4.69, 9.17) is 11.2 Å². The topological polar surface area (TPSA) is 0 Å². The van der Waals surface area contributed by atoms with E-state index in [1.165, 1.54) is 39.0 Å². The maximum absolute atomic E-state index is 8.32. The van der Waals surface area contributed by atoms with E-state index in [2.05, 4.69) is 137 Å². The third-order valence-electron chi connectivity index (χ3n) is 7.79. The molecule has 0 spiro atoms. The molecule has 4 aromatic carbocycles. The zero-order chi connectivity index (χ0) is 24.1. The number of fused-ring (bicyclic) bond motifs is 1. The van der Waals surface area contributed by atoms with Gasteiger partial charge in [0.15, 0.2) is 0 Å². The summed E-state index contributed by atoms with van der Waals surface area (Å²) < 4.78 is 0. The fourth-order valence-electron chi connectivity index (χ4n) is 6.42. The van der Waals surface area contributed by atoms with Gasteiger partial charge in [-0.15, -0.1) is 0 Å². The van der Waals surface area contributed by atoms with Crippen LogP contribution in [0.1, 0.15) is 50.8 Å². The molecular weight excluding hydrogens is 451 g/mol. The molecule has 174 valence electrons. The van der Waals surface area contributed by atoms with E-state index in [1.54, 1.807) is 0 Å². The van der Waals surface area contributed by atoms with Crippen molar-refractivity contribution in [3.05, 3.63) is 126 Å². The summed E-state index contributed by atoms with van der Waals surface area (Å²) in [7, 11) is 0. The standard InChI is InChI=1S/C32H34ClP/c1-31(2)24-32(3,4)30-22-25(20-21-29(30)31)23-34(33,26-14-8-5-9-15-26,27-16-10-6-11-17-27)28-18-12-7-13-19-28/h5-22H,23-24H2,1-4H3. The molecule has 0 fully saturated rings. The molecule has 1 aliphatic rings. The molecule has 0 N–H and O–H groups in total. The average molecular weight is 485 g/mol. The van der Waals surface area contributed by atoms with Crippen LogP contribution in [0.2, 0.25) is 0 Å². The van der Waals surface area contributed by atoms with E-state index in [0.29, 0.717) is 0 Å². The summed E-state index contributed by atoms with van der Waals surface area (Å²) in [5.74, 6) is -3.33. The fourth-order valence-corrected chi connectivity index (χ4v) is 12.5. The van der Waals surface area contributed by atoms with E-state index in [0.717, 1.165) is 6.16 Å². The molecule has 0 saturated carbocycles. The zero-order valence-corrected chi connectivity index (χ0v) is 22.3. The van der Waals surface area contributed by atoms with Gasteiger partial charge in [-0.2, -0.15) is 0 Å². The zero-order valence-electron chi connectivity index (χ0n) is 20.6. The Kier molecular flexibility index (Phi) is 5.55. The van der Waals surface area contributed by atoms with Crippen LogP contribution in [-0.2, 0) is 17.0 Å². The summed E-state index contributed by atoms with van der Waals surface area (Å²) in [5.41, 5.74) is 4.63. The molecule has 0 unspecified atom stereocenters. The molecule has 0 heterocycles. The molecule has 0 aliphatic heterocycles. The van der Waals surface area contributed by atoms with Gasteiger partial charge in [-0.1, -0.05) is 0 Å². The van der Waals surface area contributed by atoms with Gasteiger partial charge in [0.2, 0.25) is 0 Å². The first-order valence-electron chi connectivity index (χ1n) is 12.2. The second-order valence-electron chi connectivity index (χ2n) is 11.2. The molecule has 0 aromatic heterocycles. The van der Waals surface area contributed by atoms with E-state index in [9.17, 15) is 0 Å². The number of rotatable bonds is 5. The van der Waals surface area contributed by atoms with E-state index < -0.39 is 5.96 Å². The van der Waals surface area contributed by atoms with Gasteiger partial charge in [-0.25, -0.2) is 0 Å². The van der Waals surface area contributed by atoms with Crippen molar-refractivity contribution in [2.75, 3.05) is 0 Å². The Hall–Kier alpha value is -2.40. The number of halogens is 1. The van der Waals surface area contributed by atoms with E-state index >= 15 is 0 Å². The van der Waals surface area contributed by atoms with E-state index in [-0.39, 0.29) is 10.8 Å². The van der Waals surface area contributed by atoms with Crippen molar-refractivity contribution >= 4 is 33.1 Å².